The van der Waals surface area contributed by atoms with E-state index in [4.69, 9.17) is 4.98 Å². The van der Waals surface area contributed by atoms with Crippen molar-refractivity contribution in [3.8, 4) is 0 Å². The van der Waals surface area contributed by atoms with Crippen molar-refractivity contribution in [2.24, 2.45) is 7.05 Å². The first-order valence-electron chi connectivity index (χ1n) is 8.37. The molecule has 1 fully saturated rings. The predicted octanol–water partition coefficient (Wildman–Crippen LogP) is 2.99. The quantitative estimate of drug-likeness (QED) is 0.859. The molecule has 3 heterocycles. The Bertz CT molecular complexity index is 794. The molecule has 2 aromatic rings. The van der Waals surface area contributed by atoms with E-state index < -0.39 is 0 Å². The number of nitrogens with zero attached hydrogens (tertiary/aromatic N) is 3. The van der Waals surface area contributed by atoms with E-state index in [0.717, 1.165) is 30.1 Å². The van der Waals surface area contributed by atoms with Gasteiger partial charge in [-0.25, -0.2) is 4.98 Å². The predicted molar refractivity (Wildman–Crippen MR) is 95.8 cm³/mol. The molecular weight excluding hydrogens is 322 g/mol. The van der Waals surface area contributed by atoms with Crippen LogP contribution in [0.25, 0.3) is 0 Å². The van der Waals surface area contributed by atoms with Gasteiger partial charge in [0.15, 0.2) is 0 Å². The molecule has 0 aromatic carbocycles. The average molecular weight is 345 g/mol. The van der Waals surface area contributed by atoms with Crippen LogP contribution in [0.3, 0.4) is 0 Å². The highest BCUT2D eigenvalue weighted by Gasteiger charge is 2.27. The normalized spacial score (nSPS) is 18.2. The van der Waals surface area contributed by atoms with Crippen molar-refractivity contribution < 1.29 is 4.79 Å². The number of likely N-dealkylation sites (tertiary alicyclic amines) is 1. The second-order valence-corrected chi connectivity index (χ2v) is 7.61. The molecule has 0 aliphatic carbocycles. The molecule has 1 aliphatic heterocycles. The molecule has 0 radical (unpaired) electrons. The number of pyridine rings is 1. The van der Waals surface area contributed by atoms with Gasteiger partial charge in [-0.1, -0.05) is 13.8 Å². The Morgan fingerprint density at radius 3 is 2.88 bits per heavy atom. The zero-order valence-electron chi connectivity index (χ0n) is 14.4. The fourth-order valence-electron chi connectivity index (χ4n) is 2.98. The first-order chi connectivity index (χ1) is 11.5. The standard InChI is InChI=1S/C18H23N3O2S/c1-12(2)15-11-24-17(19-15)14-5-4-7-21(10-14)18(23)13-6-8-20(3)16(22)9-13/h6,8-9,11-12,14H,4-5,7,10H2,1-3H3/t14-/m0/s1. The van der Waals surface area contributed by atoms with E-state index in [-0.39, 0.29) is 11.5 Å². The molecular formula is C18H23N3O2S. The molecule has 1 saturated heterocycles. The maximum absolute atomic E-state index is 12.7. The van der Waals surface area contributed by atoms with Crippen LogP contribution in [0, 0.1) is 0 Å². The van der Waals surface area contributed by atoms with Crippen LogP contribution in [0.5, 0.6) is 0 Å². The summed E-state index contributed by atoms with van der Waals surface area (Å²) >= 11 is 1.70. The summed E-state index contributed by atoms with van der Waals surface area (Å²) in [6.07, 6.45) is 3.68. The number of thiazole rings is 1. The lowest BCUT2D eigenvalue weighted by Crippen LogP contribution is -2.39. The lowest BCUT2D eigenvalue weighted by Gasteiger charge is -2.32. The van der Waals surface area contributed by atoms with Crippen LogP contribution in [-0.2, 0) is 7.05 Å². The molecule has 6 heteroatoms. The summed E-state index contributed by atoms with van der Waals surface area (Å²) in [6.45, 7) is 5.71. The lowest BCUT2D eigenvalue weighted by molar-refractivity contribution is 0.0706. The summed E-state index contributed by atoms with van der Waals surface area (Å²) in [5, 5.41) is 3.25. The number of hydrogen-bond acceptors (Lipinski definition) is 4. The largest absolute Gasteiger partial charge is 0.338 e. The maximum Gasteiger partial charge on any atom is 0.254 e. The van der Waals surface area contributed by atoms with Crippen molar-refractivity contribution in [2.45, 2.75) is 38.5 Å². The molecule has 5 nitrogen and oxygen atoms in total. The van der Waals surface area contributed by atoms with Gasteiger partial charge in [0.25, 0.3) is 11.5 Å². The number of piperidine rings is 1. The van der Waals surface area contributed by atoms with E-state index in [1.807, 2.05) is 4.90 Å². The number of carbonyl (C=O) groups excluding carboxylic acids is 1. The minimum Gasteiger partial charge on any atom is -0.338 e. The Kier molecular flexibility index (Phi) is 4.85. The van der Waals surface area contributed by atoms with Crippen molar-refractivity contribution in [1.82, 2.24) is 14.5 Å². The summed E-state index contributed by atoms with van der Waals surface area (Å²) in [5.41, 5.74) is 1.45. The molecule has 3 rings (SSSR count). The summed E-state index contributed by atoms with van der Waals surface area (Å²) < 4.78 is 1.47. The summed E-state index contributed by atoms with van der Waals surface area (Å²) in [4.78, 5) is 31.1. The van der Waals surface area contributed by atoms with Gasteiger partial charge in [0, 0.05) is 49.3 Å². The molecule has 24 heavy (non-hydrogen) atoms. The van der Waals surface area contributed by atoms with Gasteiger partial charge in [-0.2, -0.15) is 0 Å². The molecule has 0 bridgehead atoms. The van der Waals surface area contributed by atoms with Crippen LogP contribution in [-0.4, -0.2) is 33.4 Å². The monoisotopic (exact) mass is 345 g/mol. The third-order valence-electron chi connectivity index (χ3n) is 4.54. The third-order valence-corrected chi connectivity index (χ3v) is 5.57. The third kappa shape index (κ3) is 3.43. The van der Waals surface area contributed by atoms with Gasteiger partial charge in [0.1, 0.15) is 0 Å². The van der Waals surface area contributed by atoms with Gasteiger partial charge >= 0.3 is 0 Å². The second kappa shape index (κ2) is 6.89. The van der Waals surface area contributed by atoms with Crippen LogP contribution in [0.4, 0.5) is 0 Å². The maximum atomic E-state index is 12.7. The first kappa shape index (κ1) is 16.9. The number of aromatic nitrogens is 2. The average Bonchev–Trinajstić information content (AvgIpc) is 3.07. The van der Waals surface area contributed by atoms with Crippen LogP contribution in [0.15, 0.2) is 28.5 Å². The number of aryl methyl sites for hydroxylation is 1. The number of hydrogen-bond donors (Lipinski definition) is 0. The molecule has 1 amide bonds. The van der Waals surface area contributed by atoms with Crippen LogP contribution >= 0.6 is 11.3 Å². The van der Waals surface area contributed by atoms with Crippen molar-refractivity contribution in [2.75, 3.05) is 13.1 Å². The number of amides is 1. The first-order valence-corrected chi connectivity index (χ1v) is 9.25. The minimum absolute atomic E-state index is 0.0574. The van der Waals surface area contributed by atoms with Crippen molar-refractivity contribution in [1.29, 1.82) is 0 Å². The molecule has 2 aromatic heterocycles. The summed E-state index contributed by atoms with van der Waals surface area (Å²) in [7, 11) is 1.68. The second-order valence-electron chi connectivity index (χ2n) is 6.72. The van der Waals surface area contributed by atoms with Gasteiger partial charge in [-0.3, -0.25) is 9.59 Å². The van der Waals surface area contributed by atoms with Crippen LogP contribution in [0.1, 0.15) is 59.6 Å². The van der Waals surface area contributed by atoms with Crippen molar-refractivity contribution in [3.05, 3.63) is 50.3 Å². The van der Waals surface area contributed by atoms with Crippen molar-refractivity contribution in [3.63, 3.8) is 0 Å². The topological polar surface area (TPSA) is 55.2 Å². The van der Waals surface area contributed by atoms with E-state index in [2.05, 4.69) is 19.2 Å². The highest BCUT2D eigenvalue weighted by Crippen LogP contribution is 2.31. The zero-order valence-corrected chi connectivity index (χ0v) is 15.2. The fourth-order valence-corrected chi connectivity index (χ4v) is 4.09. The molecule has 128 valence electrons. The Labute approximate surface area is 146 Å². The fraction of sp³-hybridized carbons (Fsp3) is 0.500. The minimum atomic E-state index is -0.157. The zero-order chi connectivity index (χ0) is 17.3. The molecule has 1 atom stereocenters. The SMILES string of the molecule is CC(C)c1csc([C@H]2CCCN(C(=O)c3ccn(C)c(=O)c3)C2)n1. The van der Waals surface area contributed by atoms with E-state index >= 15 is 0 Å². The molecule has 0 spiro atoms. The van der Waals surface area contributed by atoms with Gasteiger partial charge in [-0.05, 0) is 24.8 Å². The Morgan fingerprint density at radius 1 is 1.42 bits per heavy atom. The van der Waals surface area contributed by atoms with E-state index in [0.29, 0.717) is 23.9 Å². The van der Waals surface area contributed by atoms with Crippen molar-refractivity contribution >= 4 is 17.2 Å². The number of carbonyl (C=O) groups is 1. The Balaban J connectivity index is 1.75. The number of rotatable bonds is 3. The van der Waals surface area contributed by atoms with Gasteiger partial charge in [-0.15, -0.1) is 11.3 Å². The van der Waals surface area contributed by atoms with Crippen LogP contribution in [0.2, 0.25) is 0 Å². The molecule has 0 saturated carbocycles. The lowest BCUT2D eigenvalue weighted by atomic mass is 9.98. The van der Waals surface area contributed by atoms with Gasteiger partial charge in [0.05, 0.1) is 10.7 Å². The molecule has 0 N–H and O–H groups in total. The van der Waals surface area contributed by atoms with E-state index in [9.17, 15) is 9.59 Å². The van der Waals surface area contributed by atoms with Gasteiger partial charge < -0.3 is 9.47 Å². The Hall–Kier alpha value is -1.95. The molecule has 0 unspecified atom stereocenters. The summed E-state index contributed by atoms with van der Waals surface area (Å²) in [6, 6.07) is 3.14. The highest BCUT2D eigenvalue weighted by atomic mass is 32.1. The van der Waals surface area contributed by atoms with E-state index in [1.54, 1.807) is 30.6 Å². The van der Waals surface area contributed by atoms with Crippen LogP contribution < -0.4 is 5.56 Å². The van der Waals surface area contributed by atoms with E-state index in [1.165, 1.54) is 10.6 Å². The highest BCUT2D eigenvalue weighted by molar-refractivity contribution is 7.09. The summed E-state index contributed by atoms with van der Waals surface area (Å²) in [5.74, 6) is 0.668. The Morgan fingerprint density at radius 2 is 2.21 bits per heavy atom. The smallest absolute Gasteiger partial charge is 0.254 e. The molecule has 1 aliphatic rings. The van der Waals surface area contributed by atoms with Gasteiger partial charge in [0.2, 0.25) is 0 Å².